The molecular weight excluding hydrogens is 508 g/mol. The van der Waals surface area contributed by atoms with Gasteiger partial charge in [0, 0.05) is 16.3 Å². The summed E-state index contributed by atoms with van der Waals surface area (Å²) in [6.07, 6.45) is 0. The fraction of sp³-hybridized carbons (Fsp3) is 0.0732. The Bertz CT molecular complexity index is 2210. The molecule has 7 aromatic carbocycles. The first-order chi connectivity index (χ1) is 20.7. The highest BCUT2D eigenvalue weighted by Crippen LogP contribution is 2.47. The minimum Gasteiger partial charge on any atom is -0.455 e. The van der Waals surface area contributed by atoms with Crippen molar-refractivity contribution in [1.29, 1.82) is 0 Å². The van der Waals surface area contributed by atoms with Crippen LogP contribution in [-0.2, 0) is 0 Å². The van der Waals surface area contributed by atoms with Crippen LogP contribution in [0.4, 0.5) is 0 Å². The molecule has 0 saturated carbocycles. The monoisotopic (exact) mass is 538 g/mol. The van der Waals surface area contributed by atoms with Crippen molar-refractivity contribution in [2.45, 2.75) is 19.8 Å². The molecule has 0 atom stereocenters. The molecule has 1 aromatic heterocycles. The van der Waals surface area contributed by atoms with E-state index in [0.717, 1.165) is 27.5 Å². The lowest BCUT2D eigenvalue weighted by atomic mass is 9.85. The van der Waals surface area contributed by atoms with Crippen LogP contribution < -0.4 is 0 Å². The Hall–Kier alpha value is -5.14. The van der Waals surface area contributed by atoms with Crippen molar-refractivity contribution >= 4 is 43.5 Å². The predicted octanol–water partition coefficient (Wildman–Crippen LogP) is 12.0. The molecule has 0 amide bonds. The van der Waals surface area contributed by atoms with E-state index in [9.17, 15) is 0 Å². The van der Waals surface area contributed by atoms with Gasteiger partial charge in [0.25, 0.3) is 0 Å². The van der Waals surface area contributed by atoms with Gasteiger partial charge in [0.05, 0.1) is 0 Å². The van der Waals surface area contributed by atoms with Crippen molar-refractivity contribution in [1.82, 2.24) is 0 Å². The van der Waals surface area contributed by atoms with E-state index in [-0.39, 0.29) is 0 Å². The molecule has 0 aliphatic carbocycles. The van der Waals surface area contributed by atoms with Crippen LogP contribution in [0.25, 0.3) is 76.9 Å². The van der Waals surface area contributed by atoms with Gasteiger partial charge in [0.1, 0.15) is 11.2 Å². The maximum Gasteiger partial charge on any atom is 0.143 e. The molecule has 0 unspecified atom stereocenters. The minimum atomic E-state index is 0.465. The zero-order valence-corrected chi connectivity index (χ0v) is 23.8. The van der Waals surface area contributed by atoms with Gasteiger partial charge in [-0.3, -0.25) is 0 Å². The molecule has 200 valence electrons. The molecule has 0 bridgehead atoms. The molecule has 0 fully saturated rings. The standard InChI is InChI=1S/C41H30O/c1-26(2)28-15-10-16-29(25-28)30-21-11-23-36-40-35(22-12-24-37(40)42-41(30)36)39-33-19-8-6-17-31(33)38(27-13-4-3-5-14-27)32-18-7-9-20-34(32)39/h3-26H,1-2H3. The number of rotatable bonds is 4. The van der Waals surface area contributed by atoms with Crippen molar-refractivity contribution < 1.29 is 4.42 Å². The Morgan fingerprint density at radius 2 is 1.00 bits per heavy atom. The average molecular weight is 539 g/mol. The van der Waals surface area contributed by atoms with Crippen LogP contribution >= 0.6 is 0 Å². The molecule has 1 heteroatoms. The predicted molar refractivity (Wildman–Crippen MR) is 179 cm³/mol. The Morgan fingerprint density at radius 1 is 0.452 bits per heavy atom. The Kier molecular flexibility index (Phi) is 5.72. The highest BCUT2D eigenvalue weighted by Gasteiger charge is 2.21. The normalized spacial score (nSPS) is 11.8. The summed E-state index contributed by atoms with van der Waals surface area (Å²) in [4.78, 5) is 0. The summed E-state index contributed by atoms with van der Waals surface area (Å²) in [7, 11) is 0. The SMILES string of the molecule is CC(C)c1cccc(-c2cccc3c2oc2cccc(-c4c5ccccc5c(-c5ccccc5)c5ccccc45)c23)c1. The smallest absolute Gasteiger partial charge is 0.143 e. The third kappa shape index (κ3) is 3.78. The molecule has 0 radical (unpaired) electrons. The van der Waals surface area contributed by atoms with Crippen LogP contribution in [0.2, 0.25) is 0 Å². The second-order valence-corrected chi connectivity index (χ2v) is 11.5. The second-order valence-electron chi connectivity index (χ2n) is 11.5. The van der Waals surface area contributed by atoms with Gasteiger partial charge in [-0.05, 0) is 66.9 Å². The van der Waals surface area contributed by atoms with Crippen molar-refractivity contribution in [3.63, 3.8) is 0 Å². The van der Waals surface area contributed by atoms with Gasteiger partial charge in [-0.15, -0.1) is 0 Å². The minimum absolute atomic E-state index is 0.465. The van der Waals surface area contributed by atoms with Crippen molar-refractivity contribution in [3.8, 4) is 33.4 Å². The van der Waals surface area contributed by atoms with Crippen molar-refractivity contribution in [2.24, 2.45) is 0 Å². The van der Waals surface area contributed by atoms with Crippen LogP contribution in [0.5, 0.6) is 0 Å². The zero-order valence-electron chi connectivity index (χ0n) is 23.8. The van der Waals surface area contributed by atoms with E-state index in [4.69, 9.17) is 4.42 Å². The maximum atomic E-state index is 6.72. The maximum absolute atomic E-state index is 6.72. The third-order valence-corrected chi connectivity index (χ3v) is 8.65. The van der Waals surface area contributed by atoms with E-state index in [2.05, 4.69) is 153 Å². The van der Waals surface area contributed by atoms with Crippen LogP contribution in [0, 0.1) is 0 Å². The van der Waals surface area contributed by atoms with Gasteiger partial charge >= 0.3 is 0 Å². The molecule has 8 rings (SSSR count). The van der Waals surface area contributed by atoms with E-state index in [1.165, 1.54) is 54.9 Å². The summed E-state index contributed by atoms with van der Waals surface area (Å²) < 4.78 is 6.72. The Labute approximate surface area is 245 Å². The molecule has 0 saturated heterocycles. The first kappa shape index (κ1) is 24.6. The number of para-hydroxylation sites is 1. The topological polar surface area (TPSA) is 13.1 Å². The summed E-state index contributed by atoms with van der Waals surface area (Å²) in [6, 6.07) is 50.4. The zero-order chi connectivity index (χ0) is 28.2. The molecular formula is C41H30O. The van der Waals surface area contributed by atoms with Crippen LogP contribution in [0.1, 0.15) is 25.3 Å². The van der Waals surface area contributed by atoms with Crippen LogP contribution in [0.15, 0.2) is 144 Å². The van der Waals surface area contributed by atoms with Gasteiger partial charge in [-0.25, -0.2) is 0 Å². The van der Waals surface area contributed by atoms with Crippen molar-refractivity contribution in [3.05, 3.63) is 145 Å². The van der Waals surface area contributed by atoms with E-state index >= 15 is 0 Å². The second kappa shape index (κ2) is 9.75. The number of fused-ring (bicyclic) bond motifs is 5. The summed E-state index contributed by atoms with van der Waals surface area (Å²) in [6.45, 7) is 4.48. The summed E-state index contributed by atoms with van der Waals surface area (Å²) in [5.74, 6) is 0.465. The number of hydrogen-bond donors (Lipinski definition) is 0. The quantitative estimate of drug-likeness (QED) is 0.203. The van der Waals surface area contributed by atoms with Gasteiger partial charge in [-0.2, -0.15) is 0 Å². The van der Waals surface area contributed by atoms with E-state index < -0.39 is 0 Å². The highest BCUT2D eigenvalue weighted by molar-refractivity contribution is 6.26. The lowest BCUT2D eigenvalue weighted by molar-refractivity contribution is 0.670. The first-order valence-corrected chi connectivity index (χ1v) is 14.7. The van der Waals surface area contributed by atoms with E-state index in [1.54, 1.807) is 0 Å². The van der Waals surface area contributed by atoms with Crippen molar-refractivity contribution in [2.75, 3.05) is 0 Å². The van der Waals surface area contributed by atoms with Gasteiger partial charge in [0.15, 0.2) is 0 Å². The molecule has 1 heterocycles. The van der Waals surface area contributed by atoms with Gasteiger partial charge in [-0.1, -0.05) is 147 Å². The molecule has 0 N–H and O–H groups in total. The fourth-order valence-corrected chi connectivity index (χ4v) is 6.68. The molecule has 0 aliphatic heterocycles. The number of benzene rings is 7. The molecule has 42 heavy (non-hydrogen) atoms. The molecule has 1 nitrogen and oxygen atoms in total. The lowest BCUT2D eigenvalue weighted by Crippen LogP contribution is -1.91. The van der Waals surface area contributed by atoms with Crippen LogP contribution in [-0.4, -0.2) is 0 Å². The lowest BCUT2D eigenvalue weighted by Gasteiger charge is -2.18. The first-order valence-electron chi connectivity index (χ1n) is 14.7. The fourth-order valence-electron chi connectivity index (χ4n) is 6.68. The Balaban J connectivity index is 1.47. The van der Waals surface area contributed by atoms with E-state index in [0.29, 0.717) is 5.92 Å². The average Bonchev–Trinajstić information content (AvgIpc) is 3.43. The Morgan fingerprint density at radius 3 is 1.69 bits per heavy atom. The largest absolute Gasteiger partial charge is 0.455 e. The molecule has 0 aliphatic rings. The highest BCUT2D eigenvalue weighted by atomic mass is 16.3. The van der Waals surface area contributed by atoms with E-state index in [1.807, 2.05) is 0 Å². The van der Waals surface area contributed by atoms with Gasteiger partial charge in [0.2, 0.25) is 0 Å². The number of hydrogen-bond acceptors (Lipinski definition) is 1. The molecule has 8 aromatic rings. The van der Waals surface area contributed by atoms with Crippen LogP contribution in [0.3, 0.4) is 0 Å². The summed E-state index contributed by atoms with van der Waals surface area (Å²) >= 11 is 0. The molecule has 0 spiro atoms. The van der Waals surface area contributed by atoms with Gasteiger partial charge < -0.3 is 4.42 Å². The third-order valence-electron chi connectivity index (χ3n) is 8.65. The summed E-state index contributed by atoms with van der Waals surface area (Å²) in [5, 5.41) is 7.32. The number of furan rings is 1. The summed E-state index contributed by atoms with van der Waals surface area (Å²) in [5.41, 5.74) is 10.5.